The van der Waals surface area contributed by atoms with E-state index < -0.39 is 44.7 Å². The van der Waals surface area contributed by atoms with E-state index in [1.165, 1.54) is 18.2 Å². The van der Waals surface area contributed by atoms with Gasteiger partial charge in [-0.3, -0.25) is 9.59 Å². The van der Waals surface area contributed by atoms with Crippen molar-refractivity contribution in [3.8, 4) is 0 Å². The highest BCUT2D eigenvalue weighted by atomic mass is 32.2. The number of sulfone groups is 1. The van der Waals surface area contributed by atoms with Gasteiger partial charge in [-0.2, -0.15) is 0 Å². The lowest BCUT2D eigenvalue weighted by atomic mass is 10.2. The number of carboxylic acids is 1. The minimum atomic E-state index is -4.08. The Morgan fingerprint density at radius 1 is 1.06 bits per heavy atom. The average Bonchev–Trinajstić information content (AvgIpc) is 2.81. The van der Waals surface area contributed by atoms with Crippen molar-refractivity contribution < 1.29 is 31.9 Å². The molecule has 35 heavy (non-hydrogen) atoms. The topological polar surface area (TPSA) is 113 Å². The van der Waals surface area contributed by atoms with Gasteiger partial charge in [0.25, 0.3) is 5.91 Å². The molecule has 1 aliphatic rings. The fourth-order valence-corrected chi connectivity index (χ4v) is 5.63. The molecule has 3 N–H and O–H groups in total. The number of thioether (sulfide) groups is 1. The zero-order valence-corrected chi connectivity index (χ0v) is 19.6. The van der Waals surface area contributed by atoms with Crippen molar-refractivity contribution in [1.82, 2.24) is 0 Å². The summed E-state index contributed by atoms with van der Waals surface area (Å²) < 4.78 is 53.5. The van der Waals surface area contributed by atoms with Gasteiger partial charge < -0.3 is 15.7 Å². The number of fused-ring (bicyclic) bond motifs is 1. The molecule has 180 valence electrons. The van der Waals surface area contributed by atoms with Gasteiger partial charge in [-0.15, -0.1) is 0 Å². The number of nitrogens with one attached hydrogen (secondary N) is 2. The van der Waals surface area contributed by atoms with Crippen molar-refractivity contribution in [3.05, 3.63) is 88.3 Å². The summed E-state index contributed by atoms with van der Waals surface area (Å²) in [4.78, 5) is 24.1. The SMILES string of the molecule is O=C(O)CNc1ccc(/C=C2/Sc3ccc(S(=O)(=O)Cc4c(F)cccc4F)cc3NC2=O)cc1. The molecule has 0 bridgehead atoms. The molecule has 0 saturated carbocycles. The van der Waals surface area contributed by atoms with Crippen molar-refractivity contribution >= 4 is 50.9 Å². The van der Waals surface area contributed by atoms with Crippen LogP contribution in [0.4, 0.5) is 20.2 Å². The number of hydrogen-bond acceptors (Lipinski definition) is 6. The van der Waals surface area contributed by atoms with Gasteiger partial charge in [0.2, 0.25) is 0 Å². The maximum absolute atomic E-state index is 13.9. The van der Waals surface area contributed by atoms with Crippen LogP contribution < -0.4 is 10.6 Å². The number of benzene rings is 3. The number of aliphatic carboxylic acids is 1. The van der Waals surface area contributed by atoms with E-state index in [1.807, 2.05) is 0 Å². The van der Waals surface area contributed by atoms with Crippen molar-refractivity contribution in [2.24, 2.45) is 0 Å². The zero-order valence-electron chi connectivity index (χ0n) is 17.9. The van der Waals surface area contributed by atoms with Crippen molar-refractivity contribution in [3.63, 3.8) is 0 Å². The van der Waals surface area contributed by atoms with Gasteiger partial charge in [0, 0.05) is 16.1 Å². The fourth-order valence-electron chi connectivity index (χ4n) is 3.30. The first kappa shape index (κ1) is 24.4. The van der Waals surface area contributed by atoms with Gasteiger partial charge in [-0.25, -0.2) is 17.2 Å². The van der Waals surface area contributed by atoms with E-state index in [4.69, 9.17) is 5.11 Å². The van der Waals surface area contributed by atoms with Crippen LogP contribution in [0.5, 0.6) is 0 Å². The van der Waals surface area contributed by atoms with Gasteiger partial charge in [0.05, 0.1) is 21.2 Å². The molecule has 1 aliphatic heterocycles. The molecule has 0 fully saturated rings. The molecule has 1 amide bonds. The summed E-state index contributed by atoms with van der Waals surface area (Å²) in [6, 6.07) is 14.1. The predicted molar refractivity (Wildman–Crippen MR) is 129 cm³/mol. The molecule has 0 aliphatic carbocycles. The van der Waals surface area contributed by atoms with E-state index in [1.54, 1.807) is 30.3 Å². The van der Waals surface area contributed by atoms with Gasteiger partial charge in [-0.05, 0) is 54.1 Å². The fraction of sp³-hybridized carbons (Fsp3) is 0.0833. The number of carboxylic acid groups (broad SMARTS) is 1. The highest BCUT2D eigenvalue weighted by Crippen LogP contribution is 2.40. The molecule has 0 spiro atoms. The third kappa shape index (κ3) is 5.69. The van der Waals surface area contributed by atoms with Crippen LogP contribution in [0.3, 0.4) is 0 Å². The smallest absolute Gasteiger partial charge is 0.322 e. The van der Waals surface area contributed by atoms with Gasteiger partial charge in [-0.1, -0.05) is 30.0 Å². The Kier molecular flexibility index (Phi) is 6.90. The number of carbonyl (C=O) groups excluding carboxylic acids is 1. The lowest BCUT2D eigenvalue weighted by Crippen LogP contribution is -2.18. The predicted octanol–water partition coefficient (Wildman–Crippen LogP) is 4.52. The van der Waals surface area contributed by atoms with Gasteiger partial charge in [0.15, 0.2) is 9.84 Å². The first-order valence-electron chi connectivity index (χ1n) is 10.2. The van der Waals surface area contributed by atoms with Crippen molar-refractivity contribution in [2.45, 2.75) is 15.5 Å². The molecule has 0 saturated heterocycles. The normalized spacial score (nSPS) is 14.3. The van der Waals surface area contributed by atoms with E-state index in [0.29, 0.717) is 21.1 Å². The quantitative estimate of drug-likeness (QED) is 0.396. The second-order valence-electron chi connectivity index (χ2n) is 7.55. The molecule has 0 radical (unpaired) electrons. The summed E-state index contributed by atoms with van der Waals surface area (Å²) in [5.41, 5.74) is 1.06. The zero-order chi connectivity index (χ0) is 25.2. The molecule has 3 aromatic carbocycles. The number of hydrogen-bond donors (Lipinski definition) is 3. The van der Waals surface area contributed by atoms with E-state index in [0.717, 1.165) is 30.0 Å². The largest absolute Gasteiger partial charge is 0.480 e. The second-order valence-corrected chi connectivity index (χ2v) is 10.6. The summed E-state index contributed by atoms with van der Waals surface area (Å²) in [6.07, 6.45) is 1.65. The van der Waals surface area contributed by atoms with Crippen LogP contribution in [0, 0.1) is 11.6 Å². The van der Waals surface area contributed by atoms with Crippen LogP contribution in [0.1, 0.15) is 11.1 Å². The number of carbonyl (C=O) groups is 2. The first-order valence-corrected chi connectivity index (χ1v) is 12.7. The monoisotopic (exact) mass is 516 g/mol. The molecule has 4 rings (SSSR count). The van der Waals surface area contributed by atoms with Crippen LogP contribution >= 0.6 is 11.8 Å². The maximum Gasteiger partial charge on any atom is 0.322 e. The number of amides is 1. The number of anilines is 2. The molecular formula is C24H18F2N2O5S2. The lowest BCUT2D eigenvalue weighted by molar-refractivity contribution is -0.135. The summed E-state index contributed by atoms with van der Waals surface area (Å²) in [5, 5.41) is 14.1. The molecule has 0 unspecified atom stereocenters. The van der Waals surface area contributed by atoms with E-state index in [-0.39, 0.29) is 17.1 Å². The first-order chi connectivity index (χ1) is 16.6. The highest BCUT2D eigenvalue weighted by molar-refractivity contribution is 8.04. The van der Waals surface area contributed by atoms with Crippen LogP contribution in [0.15, 0.2) is 75.4 Å². The highest BCUT2D eigenvalue weighted by Gasteiger charge is 2.25. The molecule has 0 aromatic heterocycles. The van der Waals surface area contributed by atoms with Crippen molar-refractivity contribution in [1.29, 1.82) is 0 Å². The Balaban J connectivity index is 1.53. The lowest BCUT2D eigenvalue weighted by Gasteiger charge is -2.19. The molecule has 7 nitrogen and oxygen atoms in total. The van der Waals surface area contributed by atoms with E-state index in [9.17, 15) is 26.8 Å². The minimum Gasteiger partial charge on any atom is -0.480 e. The molecule has 0 atom stereocenters. The van der Waals surface area contributed by atoms with E-state index >= 15 is 0 Å². The van der Waals surface area contributed by atoms with Crippen LogP contribution in [0.25, 0.3) is 6.08 Å². The molecule has 11 heteroatoms. The van der Waals surface area contributed by atoms with Gasteiger partial charge in [0.1, 0.15) is 18.2 Å². The Labute approximate surface area is 203 Å². The summed E-state index contributed by atoms with van der Waals surface area (Å²) >= 11 is 1.15. The number of halogens is 2. The van der Waals surface area contributed by atoms with Gasteiger partial charge >= 0.3 is 5.97 Å². The Hall–Kier alpha value is -3.70. The molecular weight excluding hydrogens is 498 g/mol. The Morgan fingerprint density at radius 3 is 2.40 bits per heavy atom. The molecule has 3 aromatic rings. The van der Waals surface area contributed by atoms with Crippen LogP contribution in [-0.4, -0.2) is 31.9 Å². The maximum atomic E-state index is 13.9. The van der Waals surface area contributed by atoms with Crippen molar-refractivity contribution in [2.75, 3.05) is 17.2 Å². The second kappa shape index (κ2) is 9.88. The third-order valence-electron chi connectivity index (χ3n) is 5.05. The summed E-state index contributed by atoms with van der Waals surface area (Å²) in [6.45, 7) is -0.220. The standard InChI is InChI=1S/C24H18F2N2O5S2/c25-18-2-1-3-19(26)17(18)13-35(32,33)16-8-9-21-20(11-16)28-24(31)22(34-21)10-14-4-6-15(7-5-14)27-12-23(29)30/h1-11,27H,12-13H2,(H,28,31)(H,29,30)/b22-10+. The summed E-state index contributed by atoms with van der Waals surface area (Å²) in [7, 11) is -4.08. The number of rotatable bonds is 7. The summed E-state index contributed by atoms with van der Waals surface area (Å²) in [5.74, 6) is -4.18. The third-order valence-corrected chi connectivity index (χ3v) is 7.79. The van der Waals surface area contributed by atoms with Crippen LogP contribution in [0.2, 0.25) is 0 Å². The minimum absolute atomic E-state index is 0.170. The Bertz CT molecular complexity index is 1430. The molecule has 1 heterocycles. The average molecular weight is 517 g/mol. The van der Waals surface area contributed by atoms with Crippen LogP contribution in [-0.2, 0) is 25.2 Å². The van der Waals surface area contributed by atoms with E-state index in [2.05, 4.69) is 10.6 Å². The Morgan fingerprint density at radius 2 is 1.74 bits per heavy atom.